The van der Waals surface area contributed by atoms with Crippen LogP contribution in [0.2, 0.25) is 0 Å². The van der Waals surface area contributed by atoms with Crippen molar-refractivity contribution in [2.75, 3.05) is 13.2 Å². The fourth-order valence-electron chi connectivity index (χ4n) is 7.30. The predicted molar refractivity (Wildman–Crippen MR) is 233 cm³/mol. The summed E-state index contributed by atoms with van der Waals surface area (Å²) in [7, 11) is 0. The molecular formula is C49H94O6. The standard InChI is InChI=1S/C49H94O6/c1-5-8-10-12-14-16-18-20-21-22-24-26-28-34-38-42-49(52)55-46(44-54-48(51)41-37-33-30-29-31-35-39-45(4)7-3)43-53-47(50)40-36-32-27-25-23-19-17-15-13-11-9-6-2/h45-46H,5-44H2,1-4H3/t45?,46-/m1/s1. The van der Waals surface area contributed by atoms with E-state index in [-0.39, 0.29) is 31.1 Å². The number of carbonyl (C=O) groups excluding carboxylic acids is 3. The third-order valence-electron chi connectivity index (χ3n) is 11.4. The Morgan fingerprint density at radius 2 is 0.636 bits per heavy atom. The van der Waals surface area contributed by atoms with E-state index in [4.69, 9.17) is 14.2 Å². The molecule has 0 radical (unpaired) electrons. The SMILES string of the molecule is CCCCCCCCCCCCCCCCCC(=O)O[C@H](COC(=O)CCCCCCCCCCCCCC)COC(=O)CCCCCCCCC(C)CC. The van der Waals surface area contributed by atoms with Gasteiger partial charge in [0.2, 0.25) is 0 Å². The van der Waals surface area contributed by atoms with Gasteiger partial charge in [0.1, 0.15) is 13.2 Å². The number of hydrogen-bond acceptors (Lipinski definition) is 6. The van der Waals surface area contributed by atoms with Gasteiger partial charge in [0.15, 0.2) is 6.10 Å². The van der Waals surface area contributed by atoms with E-state index >= 15 is 0 Å². The Morgan fingerprint density at radius 1 is 0.364 bits per heavy atom. The molecule has 55 heavy (non-hydrogen) atoms. The van der Waals surface area contributed by atoms with Gasteiger partial charge in [-0.3, -0.25) is 14.4 Å². The quantitative estimate of drug-likeness (QED) is 0.0348. The minimum Gasteiger partial charge on any atom is -0.462 e. The van der Waals surface area contributed by atoms with Gasteiger partial charge in [0.05, 0.1) is 0 Å². The first-order valence-corrected chi connectivity index (χ1v) is 24.4. The lowest BCUT2D eigenvalue weighted by molar-refractivity contribution is -0.167. The number of unbranched alkanes of at least 4 members (excludes halogenated alkanes) is 30. The molecule has 0 bridgehead atoms. The maximum absolute atomic E-state index is 12.7. The Balaban J connectivity index is 4.31. The zero-order valence-corrected chi connectivity index (χ0v) is 37.4. The van der Waals surface area contributed by atoms with Crippen molar-refractivity contribution in [1.82, 2.24) is 0 Å². The largest absolute Gasteiger partial charge is 0.462 e. The molecule has 0 heterocycles. The Hall–Kier alpha value is -1.59. The van der Waals surface area contributed by atoms with Crippen LogP contribution in [0.5, 0.6) is 0 Å². The van der Waals surface area contributed by atoms with Crippen molar-refractivity contribution in [3.8, 4) is 0 Å². The lowest BCUT2D eigenvalue weighted by atomic mass is 10.00. The summed E-state index contributed by atoms with van der Waals surface area (Å²) in [6.45, 7) is 8.98. The van der Waals surface area contributed by atoms with Gasteiger partial charge in [0, 0.05) is 19.3 Å². The van der Waals surface area contributed by atoms with E-state index in [1.54, 1.807) is 0 Å². The summed E-state index contributed by atoms with van der Waals surface area (Å²) in [5, 5.41) is 0. The molecule has 0 spiro atoms. The Morgan fingerprint density at radius 3 is 0.945 bits per heavy atom. The van der Waals surface area contributed by atoms with Crippen molar-refractivity contribution in [2.24, 2.45) is 5.92 Å². The number of carbonyl (C=O) groups is 3. The number of hydrogen-bond donors (Lipinski definition) is 0. The normalized spacial score (nSPS) is 12.4. The van der Waals surface area contributed by atoms with Crippen molar-refractivity contribution in [3.05, 3.63) is 0 Å². The summed E-state index contributed by atoms with van der Waals surface area (Å²) < 4.78 is 16.7. The molecule has 0 aromatic rings. The molecule has 0 rings (SSSR count). The van der Waals surface area contributed by atoms with Crippen LogP contribution in [-0.2, 0) is 28.6 Å². The number of ether oxygens (including phenoxy) is 3. The molecule has 0 aromatic heterocycles. The first-order valence-electron chi connectivity index (χ1n) is 24.4. The molecular weight excluding hydrogens is 685 g/mol. The predicted octanol–water partition coefficient (Wildman–Crippen LogP) is 15.5. The minimum absolute atomic E-state index is 0.0639. The summed E-state index contributed by atoms with van der Waals surface area (Å²) in [4.78, 5) is 37.8. The molecule has 0 aliphatic carbocycles. The summed E-state index contributed by atoms with van der Waals surface area (Å²) >= 11 is 0. The Labute approximate surface area is 342 Å². The molecule has 0 aliphatic rings. The topological polar surface area (TPSA) is 78.9 Å². The van der Waals surface area contributed by atoms with E-state index in [1.165, 1.54) is 167 Å². The first-order chi connectivity index (χ1) is 26.9. The van der Waals surface area contributed by atoms with Gasteiger partial charge < -0.3 is 14.2 Å². The van der Waals surface area contributed by atoms with Crippen LogP contribution in [0.3, 0.4) is 0 Å². The van der Waals surface area contributed by atoms with E-state index in [2.05, 4.69) is 27.7 Å². The van der Waals surface area contributed by atoms with Gasteiger partial charge in [-0.15, -0.1) is 0 Å². The second-order valence-electron chi connectivity index (χ2n) is 17.0. The molecule has 0 fully saturated rings. The molecule has 0 saturated heterocycles. The van der Waals surface area contributed by atoms with Crippen LogP contribution in [-0.4, -0.2) is 37.2 Å². The van der Waals surface area contributed by atoms with Gasteiger partial charge in [-0.1, -0.05) is 233 Å². The molecule has 0 aromatic carbocycles. The number of esters is 3. The zero-order valence-electron chi connectivity index (χ0n) is 37.4. The van der Waals surface area contributed by atoms with Crippen LogP contribution >= 0.6 is 0 Å². The highest BCUT2D eigenvalue weighted by Crippen LogP contribution is 2.17. The fourth-order valence-corrected chi connectivity index (χ4v) is 7.30. The van der Waals surface area contributed by atoms with Crippen LogP contribution in [0.1, 0.15) is 272 Å². The van der Waals surface area contributed by atoms with Gasteiger partial charge in [-0.25, -0.2) is 0 Å². The monoisotopic (exact) mass is 779 g/mol. The summed E-state index contributed by atoms with van der Waals surface area (Å²) in [6, 6.07) is 0. The molecule has 0 saturated carbocycles. The molecule has 6 heteroatoms. The Kier molecular flexibility index (Phi) is 42.3. The van der Waals surface area contributed by atoms with Crippen LogP contribution in [0, 0.1) is 5.92 Å². The molecule has 0 aliphatic heterocycles. The maximum atomic E-state index is 12.7. The van der Waals surface area contributed by atoms with Crippen LogP contribution in [0.25, 0.3) is 0 Å². The first kappa shape index (κ1) is 53.4. The third-order valence-corrected chi connectivity index (χ3v) is 11.4. The van der Waals surface area contributed by atoms with Gasteiger partial charge >= 0.3 is 17.9 Å². The van der Waals surface area contributed by atoms with E-state index < -0.39 is 6.10 Å². The molecule has 1 unspecified atom stereocenters. The lowest BCUT2D eigenvalue weighted by Gasteiger charge is -2.18. The van der Waals surface area contributed by atoms with Crippen molar-refractivity contribution < 1.29 is 28.6 Å². The summed E-state index contributed by atoms with van der Waals surface area (Å²) in [5.41, 5.74) is 0. The summed E-state index contributed by atoms with van der Waals surface area (Å²) in [5.74, 6) is -0.0373. The third kappa shape index (κ3) is 41.9. The van der Waals surface area contributed by atoms with E-state index in [1.807, 2.05) is 0 Å². The van der Waals surface area contributed by atoms with E-state index in [9.17, 15) is 14.4 Å². The van der Waals surface area contributed by atoms with Crippen LogP contribution in [0.15, 0.2) is 0 Å². The van der Waals surface area contributed by atoms with Crippen molar-refractivity contribution in [3.63, 3.8) is 0 Å². The van der Waals surface area contributed by atoms with Crippen LogP contribution in [0.4, 0.5) is 0 Å². The second-order valence-corrected chi connectivity index (χ2v) is 17.0. The highest BCUT2D eigenvalue weighted by atomic mass is 16.6. The molecule has 0 N–H and O–H groups in total. The van der Waals surface area contributed by atoms with Crippen LogP contribution < -0.4 is 0 Å². The smallest absolute Gasteiger partial charge is 0.306 e. The summed E-state index contributed by atoms with van der Waals surface area (Å²) in [6.07, 6.45) is 43.7. The maximum Gasteiger partial charge on any atom is 0.306 e. The van der Waals surface area contributed by atoms with Crippen molar-refractivity contribution >= 4 is 17.9 Å². The van der Waals surface area contributed by atoms with Gasteiger partial charge in [-0.2, -0.15) is 0 Å². The fraction of sp³-hybridized carbons (Fsp3) is 0.939. The highest BCUT2D eigenvalue weighted by molar-refractivity contribution is 5.71. The van der Waals surface area contributed by atoms with E-state index in [0.29, 0.717) is 19.3 Å². The average molecular weight is 779 g/mol. The number of rotatable bonds is 44. The second kappa shape index (κ2) is 43.5. The van der Waals surface area contributed by atoms with Gasteiger partial charge in [0.25, 0.3) is 0 Å². The van der Waals surface area contributed by atoms with Crippen molar-refractivity contribution in [2.45, 2.75) is 278 Å². The van der Waals surface area contributed by atoms with E-state index in [0.717, 1.165) is 63.7 Å². The molecule has 326 valence electrons. The Bertz CT molecular complexity index is 828. The minimum atomic E-state index is -0.760. The highest BCUT2D eigenvalue weighted by Gasteiger charge is 2.19. The molecule has 6 nitrogen and oxygen atoms in total. The zero-order chi connectivity index (χ0) is 40.3. The molecule has 0 amide bonds. The average Bonchev–Trinajstić information content (AvgIpc) is 3.18. The van der Waals surface area contributed by atoms with Gasteiger partial charge in [-0.05, 0) is 25.2 Å². The lowest BCUT2D eigenvalue weighted by Crippen LogP contribution is -2.30. The molecule has 2 atom stereocenters. The van der Waals surface area contributed by atoms with Crippen molar-refractivity contribution in [1.29, 1.82) is 0 Å².